The van der Waals surface area contributed by atoms with Crippen LogP contribution in [0.25, 0.3) is 10.8 Å². The van der Waals surface area contributed by atoms with Crippen LogP contribution >= 0.6 is 0 Å². The van der Waals surface area contributed by atoms with Gasteiger partial charge >= 0.3 is 0 Å². The molecule has 0 aliphatic heterocycles. The van der Waals surface area contributed by atoms with Crippen molar-refractivity contribution in [2.24, 2.45) is 0 Å². The zero-order chi connectivity index (χ0) is 14.7. The number of ether oxygens (including phenoxy) is 2. The normalized spacial score (nSPS) is 10.6. The van der Waals surface area contributed by atoms with E-state index in [0.717, 1.165) is 16.5 Å². The van der Waals surface area contributed by atoms with Crippen molar-refractivity contribution in [3.63, 3.8) is 0 Å². The lowest BCUT2D eigenvalue weighted by Gasteiger charge is -2.10. The van der Waals surface area contributed by atoms with Gasteiger partial charge in [-0.05, 0) is 23.6 Å². The monoisotopic (exact) mass is 282 g/mol. The highest BCUT2D eigenvalue weighted by Gasteiger charge is 2.06. The second-order valence-corrected chi connectivity index (χ2v) is 4.72. The third-order valence-corrected chi connectivity index (χ3v) is 3.39. The standard InChI is InChI=1S/C18H15FO2/c1-20-15-10-9-14(17(19)11-15)12-21-18-8-4-6-13-5-2-3-7-16(13)18/h2-11H,12H2,1H3. The Balaban J connectivity index is 1.84. The average Bonchev–Trinajstić information content (AvgIpc) is 2.53. The van der Waals surface area contributed by atoms with Gasteiger partial charge in [-0.15, -0.1) is 0 Å². The first kappa shape index (κ1) is 13.4. The highest BCUT2D eigenvalue weighted by molar-refractivity contribution is 5.88. The van der Waals surface area contributed by atoms with Crippen LogP contribution in [0.15, 0.2) is 60.7 Å². The average molecular weight is 282 g/mol. The Hall–Kier alpha value is -2.55. The van der Waals surface area contributed by atoms with Gasteiger partial charge in [0, 0.05) is 17.0 Å². The SMILES string of the molecule is COc1ccc(COc2cccc3ccccc23)c(F)c1. The molecule has 0 fully saturated rings. The first-order valence-corrected chi connectivity index (χ1v) is 6.71. The summed E-state index contributed by atoms with van der Waals surface area (Å²) in [5.41, 5.74) is 0.503. The molecule has 0 unspecified atom stereocenters. The molecule has 0 saturated heterocycles. The van der Waals surface area contributed by atoms with Crippen LogP contribution in [0.4, 0.5) is 4.39 Å². The Kier molecular flexibility index (Phi) is 3.73. The van der Waals surface area contributed by atoms with E-state index in [0.29, 0.717) is 11.3 Å². The molecular weight excluding hydrogens is 267 g/mol. The quantitative estimate of drug-likeness (QED) is 0.698. The molecule has 0 spiro atoms. The first-order chi connectivity index (χ1) is 10.3. The van der Waals surface area contributed by atoms with E-state index in [2.05, 4.69) is 0 Å². The van der Waals surface area contributed by atoms with Gasteiger partial charge < -0.3 is 9.47 Å². The van der Waals surface area contributed by atoms with E-state index < -0.39 is 0 Å². The lowest BCUT2D eigenvalue weighted by Crippen LogP contribution is -1.99. The Morgan fingerprint density at radius 1 is 0.952 bits per heavy atom. The van der Waals surface area contributed by atoms with E-state index in [-0.39, 0.29) is 12.4 Å². The van der Waals surface area contributed by atoms with E-state index in [1.54, 1.807) is 12.1 Å². The van der Waals surface area contributed by atoms with Gasteiger partial charge in [-0.25, -0.2) is 4.39 Å². The van der Waals surface area contributed by atoms with Crippen LogP contribution in [0, 0.1) is 5.82 Å². The minimum absolute atomic E-state index is 0.184. The minimum Gasteiger partial charge on any atom is -0.497 e. The fourth-order valence-corrected chi connectivity index (χ4v) is 2.25. The van der Waals surface area contributed by atoms with Gasteiger partial charge in [-0.2, -0.15) is 0 Å². The van der Waals surface area contributed by atoms with Gasteiger partial charge in [0.15, 0.2) is 0 Å². The van der Waals surface area contributed by atoms with Gasteiger partial charge in [-0.3, -0.25) is 0 Å². The predicted octanol–water partition coefficient (Wildman–Crippen LogP) is 4.57. The van der Waals surface area contributed by atoms with Crippen molar-refractivity contribution in [3.05, 3.63) is 72.0 Å². The summed E-state index contributed by atoms with van der Waals surface area (Å²) in [4.78, 5) is 0. The largest absolute Gasteiger partial charge is 0.497 e. The maximum Gasteiger partial charge on any atom is 0.133 e. The van der Waals surface area contributed by atoms with Crippen LogP contribution in [0.1, 0.15) is 5.56 Å². The molecule has 0 atom stereocenters. The van der Waals surface area contributed by atoms with Crippen molar-refractivity contribution >= 4 is 10.8 Å². The number of rotatable bonds is 4. The molecule has 3 aromatic rings. The number of methoxy groups -OCH3 is 1. The highest BCUT2D eigenvalue weighted by atomic mass is 19.1. The molecule has 0 N–H and O–H groups in total. The van der Waals surface area contributed by atoms with E-state index in [1.165, 1.54) is 13.2 Å². The maximum atomic E-state index is 13.9. The van der Waals surface area contributed by atoms with E-state index in [9.17, 15) is 4.39 Å². The van der Waals surface area contributed by atoms with Gasteiger partial charge in [0.25, 0.3) is 0 Å². The van der Waals surface area contributed by atoms with Crippen molar-refractivity contribution in [1.29, 1.82) is 0 Å². The highest BCUT2D eigenvalue weighted by Crippen LogP contribution is 2.26. The van der Waals surface area contributed by atoms with Crippen molar-refractivity contribution < 1.29 is 13.9 Å². The smallest absolute Gasteiger partial charge is 0.133 e. The third-order valence-electron chi connectivity index (χ3n) is 3.39. The molecule has 3 heteroatoms. The van der Waals surface area contributed by atoms with Crippen LogP contribution in [-0.4, -0.2) is 7.11 Å². The molecule has 0 aromatic heterocycles. The Labute approximate surface area is 122 Å². The van der Waals surface area contributed by atoms with E-state index >= 15 is 0 Å². The summed E-state index contributed by atoms with van der Waals surface area (Å²) in [6.45, 7) is 0.184. The summed E-state index contributed by atoms with van der Waals surface area (Å²) < 4.78 is 24.7. The number of benzene rings is 3. The van der Waals surface area contributed by atoms with Crippen LogP contribution < -0.4 is 9.47 Å². The molecule has 2 nitrogen and oxygen atoms in total. The molecule has 0 amide bonds. The zero-order valence-electron chi connectivity index (χ0n) is 11.7. The summed E-state index contributed by atoms with van der Waals surface area (Å²) in [5, 5.41) is 2.12. The molecule has 106 valence electrons. The third kappa shape index (κ3) is 2.82. The summed E-state index contributed by atoms with van der Waals surface area (Å²) in [6.07, 6.45) is 0. The van der Waals surface area contributed by atoms with Crippen molar-refractivity contribution in [1.82, 2.24) is 0 Å². The molecule has 0 saturated carbocycles. The van der Waals surface area contributed by atoms with Gasteiger partial charge in [0.05, 0.1) is 7.11 Å². The second kappa shape index (κ2) is 5.83. The van der Waals surface area contributed by atoms with Gasteiger partial charge in [0.2, 0.25) is 0 Å². The molecular formula is C18H15FO2. The second-order valence-electron chi connectivity index (χ2n) is 4.72. The Bertz CT molecular complexity index is 763. The molecule has 0 radical (unpaired) electrons. The van der Waals surface area contributed by atoms with Crippen molar-refractivity contribution in [2.45, 2.75) is 6.61 Å². The molecule has 21 heavy (non-hydrogen) atoms. The topological polar surface area (TPSA) is 18.5 Å². The molecule has 0 bridgehead atoms. The molecule has 0 heterocycles. The Morgan fingerprint density at radius 2 is 1.76 bits per heavy atom. The number of halogens is 1. The first-order valence-electron chi connectivity index (χ1n) is 6.71. The summed E-state index contributed by atoms with van der Waals surface area (Å²) in [6, 6.07) is 18.6. The number of fused-ring (bicyclic) bond motifs is 1. The van der Waals surface area contributed by atoms with Crippen molar-refractivity contribution in [2.75, 3.05) is 7.11 Å². The molecule has 0 aliphatic carbocycles. The predicted molar refractivity (Wildman–Crippen MR) is 81.2 cm³/mol. The molecule has 3 aromatic carbocycles. The number of hydrogen-bond donors (Lipinski definition) is 0. The summed E-state index contributed by atoms with van der Waals surface area (Å²) >= 11 is 0. The van der Waals surface area contributed by atoms with Crippen LogP contribution in [-0.2, 0) is 6.61 Å². The fraction of sp³-hybridized carbons (Fsp3) is 0.111. The van der Waals surface area contributed by atoms with Crippen molar-refractivity contribution in [3.8, 4) is 11.5 Å². The molecule has 0 aliphatic rings. The number of hydrogen-bond acceptors (Lipinski definition) is 2. The lowest BCUT2D eigenvalue weighted by atomic mass is 10.1. The minimum atomic E-state index is -0.324. The van der Waals surface area contributed by atoms with Crippen LogP contribution in [0.5, 0.6) is 11.5 Å². The zero-order valence-corrected chi connectivity index (χ0v) is 11.7. The lowest BCUT2D eigenvalue weighted by molar-refractivity contribution is 0.303. The van der Waals surface area contributed by atoms with Crippen LogP contribution in [0.3, 0.4) is 0 Å². The fourth-order valence-electron chi connectivity index (χ4n) is 2.25. The van der Waals surface area contributed by atoms with E-state index in [1.807, 2.05) is 42.5 Å². The van der Waals surface area contributed by atoms with Gasteiger partial charge in [0.1, 0.15) is 23.9 Å². The van der Waals surface area contributed by atoms with Crippen LogP contribution in [0.2, 0.25) is 0 Å². The molecule has 3 rings (SSSR count). The Morgan fingerprint density at radius 3 is 2.57 bits per heavy atom. The summed E-state index contributed by atoms with van der Waals surface area (Å²) in [7, 11) is 1.51. The van der Waals surface area contributed by atoms with Gasteiger partial charge in [-0.1, -0.05) is 36.4 Å². The maximum absolute atomic E-state index is 13.9. The van der Waals surface area contributed by atoms with E-state index in [4.69, 9.17) is 9.47 Å². The summed E-state index contributed by atoms with van der Waals surface area (Å²) in [5.74, 6) is 0.930.